The van der Waals surface area contributed by atoms with Crippen LogP contribution in [0.2, 0.25) is 0 Å². The molecule has 2 saturated heterocycles. The third-order valence-corrected chi connectivity index (χ3v) is 3.33. The maximum atomic E-state index is 11.3. The van der Waals surface area contributed by atoms with Crippen LogP contribution in [0, 0.1) is 0 Å². The second kappa shape index (κ2) is 4.33. The number of aromatic nitrogens is 1. The Morgan fingerprint density at radius 2 is 2.41 bits per heavy atom. The molecule has 0 aliphatic carbocycles. The minimum absolute atomic E-state index is 0.156. The quantitative estimate of drug-likeness (QED) is 0.755. The number of carbonyl (C=O) groups is 1. The van der Waals surface area contributed by atoms with Gasteiger partial charge in [0.2, 0.25) is 0 Å². The van der Waals surface area contributed by atoms with Crippen molar-refractivity contribution in [2.75, 3.05) is 26.2 Å². The second-order valence-electron chi connectivity index (χ2n) is 4.52. The number of pyridine rings is 1. The summed E-state index contributed by atoms with van der Waals surface area (Å²) in [4.78, 5) is 19.6. The van der Waals surface area contributed by atoms with Crippen LogP contribution in [-0.4, -0.2) is 53.2 Å². The highest BCUT2D eigenvalue weighted by atomic mass is 16.6. The van der Waals surface area contributed by atoms with Crippen LogP contribution in [0.4, 0.5) is 4.79 Å². The van der Waals surface area contributed by atoms with Crippen molar-refractivity contribution >= 4 is 6.09 Å². The zero-order valence-corrected chi connectivity index (χ0v) is 9.58. The van der Waals surface area contributed by atoms with E-state index in [9.17, 15) is 4.79 Å². The van der Waals surface area contributed by atoms with E-state index in [0.717, 1.165) is 26.2 Å². The SMILES string of the molecule is O=C1OC[C@@H]2CN(Cc3cccnc3)CCN12. The van der Waals surface area contributed by atoms with Crippen LogP contribution in [0.3, 0.4) is 0 Å². The summed E-state index contributed by atoms with van der Waals surface area (Å²) in [5.41, 5.74) is 1.21. The Hall–Kier alpha value is -1.62. The van der Waals surface area contributed by atoms with Gasteiger partial charge in [-0.2, -0.15) is 0 Å². The molecule has 0 aromatic carbocycles. The zero-order chi connectivity index (χ0) is 11.7. The number of nitrogens with zero attached hydrogens (tertiary/aromatic N) is 3. The first-order chi connectivity index (χ1) is 8.33. The van der Waals surface area contributed by atoms with E-state index in [4.69, 9.17) is 4.74 Å². The molecule has 0 unspecified atom stereocenters. The molecule has 5 heteroatoms. The van der Waals surface area contributed by atoms with Gasteiger partial charge >= 0.3 is 6.09 Å². The van der Waals surface area contributed by atoms with Gasteiger partial charge in [-0.3, -0.25) is 14.8 Å². The van der Waals surface area contributed by atoms with Gasteiger partial charge in [0.25, 0.3) is 0 Å². The van der Waals surface area contributed by atoms with Crippen LogP contribution in [0.25, 0.3) is 0 Å². The molecule has 5 nitrogen and oxygen atoms in total. The van der Waals surface area contributed by atoms with Crippen LogP contribution in [0.1, 0.15) is 5.56 Å². The standard InChI is InChI=1S/C12H15N3O2/c16-12-15-5-4-14(8-11(15)9-17-12)7-10-2-1-3-13-6-10/h1-3,6,11H,4-5,7-9H2/t11-/m0/s1. The number of cyclic esters (lactones) is 1. The van der Waals surface area contributed by atoms with Crippen LogP contribution < -0.4 is 0 Å². The third-order valence-electron chi connectivity index (χ3n) is 3.33. The highest BCUT2D eigenvalue weighted by Crippen LogP contribution is 2.18. The van der Waals surface area contributed by atoms with Gasteiger partial charge in [0.1, 0.15) is 6.61 Å². The van der Waals surface area contributed by atoms with Crippen molar-refractivity contribution in [2.24, 2.45) is 0 Å². The van der Waals surface area contributed by atoms with Crippen LogP contribution in [-0.2, 0) is 11.3 Å². The maximum Gasteiger partial charge on any atom is 0.410 e. The molecule has 0 bridgehead atoms. The molecule has 3 rings (SSSR count). The van der Waals surface area contributed by atoms with Gasteiger partial charge in [0, 0.05) is 38.6 Å². The molecular formula is C12H15N3O2. The molecule has 0 N–H and O–H groups in total. The number of piperazine rings is 1. The lowest BCUT2D eigenvalue weighted by Crippen LogP contribution is -2.51. The molecule has 0 radical (unpaired) electrons. The number of carbonyl (C=O) groups excluding carboxylic acids is 1. The Morgan fingerprint density at radius 1 is 1.47 bits per heavy atom. The summed E-state index contributed by atoms with van der Waals surface area (Å²) in [6, 6.07) is 4.26. The largest absolute Gasteiger partial charge is 0.447 e. The van der Waals surface area contributed by atoms with Crippen LogP contribution in [0.5, 0.6) is 0 Å². The predicted molar refractivity (Wildman–Crippen MR) is 61.4 cm³/mol. The lowest BCUT2D eigenvalue weighted by atomic mass is 10.2. The summed E-state index contributed by atoms with van der Waals surface area (Å²) in [5, 5.41) is 0. The first-order valence-corrected chi connectivity index (χ1v) is 5.87. The molecule has 2 aliphatic heterocycles. The Morgan fingerprint density at radius 3 is 3.24 bits per heavy atom. The fourth-order valence-electron chi connectivity index (χ4n) is 2.45. The molecule has 90 valence electrons. The van der Waals surface area contributed by atoms with Crippen molar-refractivity contribution in [3.63, 3.8) is 0 Å². The van der Waals surface area contributed by atoms with Gasteiger partial charge in [-0.05, 0) is 11.6 Å². The Kier molecular flexibility index (Phi) is 2.68. The highest BCUT2D eigenvalue weighted by Gasteiger charge is 2.37. The Bertz CT molecular complexity index is 409. The van der Waals surface area contributed by atoms with Crippen molar-refractivity contribution in [2.45, 2.75) is 12.6 Å². The molecule has 3 heterocycles. The van der Waals surface area contributed by atoms with E-state index in [-0.39, 0.29) is 12.1 Å². The lowest BCUT2D eigenvalue weighted by Gasteiger charge is -2.35. The summed E-state index contributed by atoms with van der Waals surface area (Å²) < 4.78 is 5.05. The summed E-state index contributed by atoms with van der Waals surface area (Å²) in [6.07, 6.45) is 3.52. The molecule has 2 fully saturated rings. The van der Waals surface area contributed by atoms with Crippen LogP contribution in [0.15, 0.2) is 24.5 Å². The van der Waals surface area contributed by atoms with Gasteiger partial charge in [-0.15, -0.1) is 0 Å². The zero-order valence-electron chi connectivity index (χ0n) is 9.58. The van der Waals surface area contributed by atoms with Gasteiger partial charge in [-0.1, -0.05) is 6.07 Å². The van der Waals surface area contributed by atoms with E-state index < -0.39 is 0 Å². The Balaban J connectivity index is 1.62. The third kappa shape index (κ3) is 2.10. The predicted octanol–water partition coefficient (Wildman–Crippen LogP) is 0.718. The van der Waals surface area contributed by atoms with E-state index >= 15 is 0 Å². The summed E-state index contributed by atoms with van der Waals surface area (Å²) in [6.45, 7) is 3.99. The molecule has 2 aliphatic rings. The van der Waals surface area contributed by atoms with Crippen molar-refractivity contribution in [3.8, 4) is 0 Å². The van der Waals surface area contributed by atoms with E-state index in [2.05, 4.69) is 16.0 Å². The maximum absolute atomic E-state index is 11.3. The lowest BCUT2D eigenvalue weighted by molar-refractivity contribution is 0.115. The molecule has 1 aromatic heterocycles. The van der Waals surface area contributed by atoms with E-state index in [1.54, 1.807) is 6.20 Å². The van der Waals surface area contributed by atoms with E-state index in [1.807, 2.05) is 17.2 Å². The molecule has 1 atom stereocenters. The number of fused-ring (bicyclic) bond motifs is 1. The monoisotopic (exact) mass is 233 g/mol. The molecule has 0 spiro atoms. The first kappa shape index (κ1) is 10.5. The van der Waals surface area contributed by atoms with Crippen molar-refractivity contribution in [1.82, 2.24) is 14.8 Å². The number of hydrogen-bond donors (Lipinski definition) is 0. The van der Waals surface area contributed by atoms with E-state index in [0.29, 0.717) is 6.61 Å². The molecular weight excluding hydrogens is 218 g/mol. The average molecular weight is 233 g/mol. The normalized spacial score (nSPS) is 24.6. The van der Waals surface area contributed by atoms with Crippen molar-refractivity contribution in [1.29, 1.82) is 0 Å². The van der Waals surface area contributed by atoms with Gasteiger partial charge < -0.3 is 4.74 Å². The number of amides is 1. The summed E-state index contributed by atoms with van der Waals surface area (Å²) in [7, 11) is 0. The molecule has 1 amide bonds. The van der Waals surface area contributed by atoms with Gasteiger partial charge in [-0.25, -0.2) is 4.79 Å². The fourth-order valence-corrected chi connectivity index (χ4v) is 2.45. The fraction of sp³-hybridized carbons (Fsp3) is 0.500. The second-order valence-corrected chi connectivity index (χ2v) is 4.52. The summed E-state index contributed by atoms with van der Waals surface area (Å²) >= 11 is 0. The Labute approximate surface area is 100.0 Å². The van der Waals surface area contributed by atoms with Crippen molar-refractivity contribution in [3.05, 3.63) is 30.1 Å². The highest BCUT2D eigenvalue weighted by molar-refractivity contribution is 5.70. The summed E-state index contributed by atoms with van der Waals surface area (Å²) in [5.74, 6) is 0. The van der Waals surface area contributed by atoms with E-state index in [1.165, 1.54) is 5.56 Å². The molecule has 17 heavy (non-hydrogen) atoms. The van der Waals surface area contributed by atoms with Crippen LogP contribution >= 0.6 is 0 Å². The number of hydrogen-bond acceptors (Lipinski definition) is 4. The average Bonchev–Trinajstić information content (AvgIpc) is 2.72. The topological polar surface area (TPSA) is 45.7 Å². The number of rotatable bonds is 2. The molecule has 1 aromatic rings. The first-order valence-electron chi connectivity index (χ1n) is 5.87. The number of ether oxygens (including phenoxy) is 1. The van der Waals surface area contributed by atoms with Gasteiger partial charge in [0.15, 0.2) is 0 Å². The minimum atomic E-state index is -0.156. The van der Waals surface area contributed by atoms with Gasteiger partial charge in [0.05, 0.1) is 6.04 Å². The van der Waals surface area contributed by atoms with Crippen molar-refractivity contribution < 1.29 is 9.53 Å². The minimum Gasteiger partial charge on any atom is -0.447 e. The smallest absolute Gasteiger partial charge is 0.410 e. The molecule has 0 saturated carbocycles.